The molecule has 0 aromatic rings. The fraction of sp³-hybridized carbons (Fsp3) is 0.957. The van der Waals surface area contributed by atoms with Gasteiger partial charge in [0.2, 0.25) is 0 Å². The van der Waals surface area contributed by atoms with Crippen LogP contribution in [0.3, 0.4) is 0 Å². The number of hydrogen-bond donors (Lipinski definition) is 0. The maximum absolute atomic E-state index is 13.4. The van der Waals surface area contributed by atoms with Crippen LogP contribution in [0.2, 0.25) is 23.7 Å². The van der Waals surface area contributed by atoms with E-state index >= 15 is 0 Å². The van der Waals surface area contributed by atoms with Gasteiger partial charge >= 0.3 is 8.80 Å². The molecule has 0 heterocycles. The second kappa shape index (κ2) is 13.4. The standard InChI is InChI=1S/C23H48O5Si2/c1-9-25-30(26-10-2,27-11-3)18-21(8)23(24)28-29(16-19(4)5,17-20(6)7)22-14-12-13-15-22/h19-22H,9-18H2,1-8H3. The van der Waals surface area contributed by atoms with Crippen LogP contribution in [-0.4, -0.2) is 42.9 Å². The number of carbonyl (C=O) groups excluding carboxylic acids is 1. The molecule has 0 aromatic heterocycles. The van der Waals surface area contributed by atoms with E-state index in [0.29, 0.717) is 43.2 Å². The first-order chi connectivity index (χ1) is 14.1. The van der Waals surface area contributed by atoms with Gasteiger partial charge in [-0.1, -0.05) is 47.5 Å². The van der Waals surface area contributed by atoms with E-state index in [0.717, 1.165) is 12.1 Å². The van der Waals surface area contributed by atoms with Crippen molar-refractivity contribution in [1.82, 2.24) is 0 Å². The molecule has 0 bridgehead atoms. The molecular weight excluding hydrogens is 412 g/mol. The van der Waals surface area contributed by atoms with Gasteiger partial charge in [0.25, 0.3) is 14.3 Å². The molecule has 178 valence electrons. The molecule has 5 nitrogen and oxygen atoms in total. The lowest BCUT2D eigenvalue weighted by Gasteiger charge is -2.40. The van der Waals surface area contributed by atoms with Gasteiger partial charge in [-0.25, -0.2) is 0 Å². The van der Waals surface area contributed by atoms with E-state index in [-0.39, 0.29) is 11.9 Å². The smallest absolute Gasteiger partial charge is 0.501 e. The number of rotatable bonds is 15. The molecule has 0 N–H and O–H groups in total. The second-order valence-corrected chi connectivity index (χ2v) is 16.4. The van der Waals surface area contributed by atoms with Gasteiger partial charge in [-0.15, -0.1) is 0 Å². The van der Waals surface area contributed by atoms with Crippen molar-refractivity contribution in [2.45, 2.75) is 105 Å². The van der Waals surface area contributed by atoms with E-state index in [4.69, 9.17) is 17.7 Å². The zero-order chi connectivity index (χ0) is 22.8. The zero-order valence-corrected chi connectivity index (χ0v) is 22.9. The van der Waals surface area contributed by atoms with Crippen molar-refractivity contribution in [3.63, 3.8) is 0 Å². The van der Waals surface area contributed by atoms with Crippen molar-refractivity contribution in [3.8, 4) is 0 Å². The molecule has 30 heavy (non-hydrogen) atoms. The monoisotopic (exact) mass is 460 g/mol. The largest absolute Gasteiger partial charge is 0.519 e. The average molecular weight is 461 g/mol. The minimum Gasteiger partial charge on any atom is -0.519 e. The molecule has 0 spiro atoms. The van der Waals surface area contributed by atoms with Gasteiger partial charge in [0.15, 0.2) is 0 Å². The van der Waals surface area contributed by atoms with Gasteiger partial charge in [0.1, 0.15) is 0 Å². The lowest BCUT2D eigenvalue weighted by Crippen LogP contribution is -2.50. The second-order valence-electron chi connectivity index (χ2n) is 9.75. The topological polar surface area (TPSA) is 54.0 Å². The van der Waals surface area contributed by atoms with Crippen molar-refractivity contribution in [3.05, 3.63) is 0 Å². The van der Waals surface area contributed by atoms with Crippen LogP contribution in [0.4, 0.5) is 0 Å². The van der Waals surface area contributed by atoms with Crippen LogP contribution in [0.1, 0.15) is 81.1 Å². The molecule has 1 aliphatic rings. The quantitative estimate of drug-likeness (QED) is 0.264. The molecule has 0 aliphatic heterocycles. The molecule has 1 rings (SSSR count). The predicted molar refractivity (Wildman–Crippen MR) is 128 cm³/mol. The van der Waals surface area contributed by atoms with Gasteiger partial charge in [-0.3, -0.25) is 4.79 Å². The molecule has 7 heteroatoms. The summed E-state index contributed by atoms with van der Waals surface area (Å²) >= 11 is 0. The summed E-state index contributed by atoms with van der Waals surface area (Å²) in [6.45, 7) is 18.5. The Balaban J connectivity index is 3.07. The molecule has 0 saturated heterocycles. The molecular formula is C23H48O5Si2. The van der Waals surface area contributed by atoms with Crippen LogP contribution in [0, 0.1) is 17.8 Å². The first-order valence-corrected chi connectivity index (χ1v) is 16.6. The Hall–Kier alpha value is -0.216. The SMILES string of the molecule is CCO[Si](CC(C)C(=O)O[Si](CC(C)C)(CC(C)C)C1CCCC1)(OCC)OCC. The summed E-state index contributed by atoms with van der Waals surface area (Å²) in [6.07, 6.45) is 5.00. The third-order valence-electron chi connectivity index (χ3n) is 5.96. The highest BCUT2D eigenvalue weighted by Gasteiger charge is 2.50. The van der Waals surface area contributed by atoms with Crippen LogP contribution < -0.4 is 0 Å². The van der Waals surface area contributed by atoms with Crippen molar-refractivity contribution >= 4 is 23.1 Å². The van der Waals surface area contributed by atoms with Crippen LogP contribution >= 0.6 is 0 Å². The minimum atomic E-state index is -2.88. The normalized spacial score (nSPS) is 17.1. The Labute approximate surface area is 188 Å². The summed E-state index contributed by atoms with van der Waals surface area (Å²) in [5.74, 6) is 0.741. The highest BCUT2D eigenvalue weighted by atomic mass is 28.4. The van der Waals surface area contributed by atoms with Crippen molar-refractivity contribution in [2.75, 3.05) is 19.8 Å². The van der Waals surface area contributed by atoms with Crippen LogP contribution in [0.15, 0.2) is 0 Å². The molecule has 1 atom stereocenters. The van der Waals surface area contributed by atoms with Crippen LogP contribution in [0.25, 0.3) is 0 Å². The Bertz CT molecular complexity index is 465. The Morgan fingerprint density at radius 3 is 1.60 bits per heavy atom. The maximum Gasteiger partial charge on any atom is 0.501 e. The summed E-state index contributed by atoms with van der Waals surface area (Å²) in [7, 11) is -5.08. The Morgan fingerprint density at radius 2 is 1.23 bits per heavy atom. The summed E-state index contributed by atoms with van der Waals surface area (Å²) in [5.41, 5.74) is 0.603. The molecule has 1 aliphatic carbocycles. The van der Waals surface area contributed by atoms with Gasteiger partial charge in [0, 0.05) is 25.9 Å². The molecule has 1 unspecified atom stereocenters. The lowest BCUT2D eigenvalue weighted by atomic mass is 10.2. The fourth-order valence-corrected chi connectivity index (χ4v) is 14.0. The van der Waals surface area contributed by atoms with Gasteiger partial charge in [-0.05, 0) is 63.1 Å². The summed E-state index contributed by atoms with van der Waals surface area (Å²) < 4.78 is 24.6. The van der Waals surface area contributed by atoms with E-state index in [9.17, 15) is 4.79 Å². The van der Waals surface area contributed by atoms with E-state index in [1.54, 1.807) is 0 Å². The first kappa shape index (κ1) is 27.8. The Kier molecular flexibility index (Phi) is 12.4. The Morgan fingerprint density at radius 1 is 0.800 bits per heavy atom. The van der Waals surface area contributed by atoms with E-state index in [1.165, 1.54) is 25.7 Å². The van der Waals surface area contributed by atoms with E-state index in [1.807, 2.05) is 27.7 Å². The third kappa shape index (κ3) is 8.37. The fourth-order valence-electron chi connectivity index (χ4n) is 5.14. The van der Waals surface area contributed by atoms with Crippen molar-refractivity contribution in [2.24, 2.45) is 17.8 Å². The number of hydrogen-bond acceptors (Lipinski definition) is 5. The van der Waals surface area contributed by atoms with Crippen LogP contribution in [-0.2, 0) is 22.5 Å². The lowest BCUT2D eigenvalue weighted by molar-refractivity contribution is -0.139. The third-order valence-corrected chi connectivity index (χ3v) is 14.9. The van der Waals surface area contributed by atoms with Gasteiger partial charge in [-0.2, -0.15) is 0 Å². The van der Waals surface area contributed by atoms with Crippen molar-refractivity contribution in [1.29, 1.82) is 0 Å². The minimum absolute atomic E-state index is 0.0640. The average Bonchev–Trinajstić information content (AvgIpc) is 3.16. The highest BCUT2D eigenvalue weighted by Crippen LogP contribution is 2.46. The van der Waals surface area contributed by atoms with Gasteiger partial charge in [0.05, 0.1) is 5.92 Å². The highest BCUT2D eigenvalue weighted by molar-refractivity contribution is 6.76. The van der Waals surface area contributed by atoms with Gasteiger partial charge < -0.3 is 17.7 Å². The summed E-state index contributed by atoms with van der Waals surface area (Å²) in [5, 5.41) is 0. The molecule has 0 amide bonds. The molecule has 1 fully saturated rings. The molecule has 0 radical (unpaired) electrons. The zero-order valence-electron chi connectivity index (χ0n) is 20.9. The number of carbonyl (C=O) groups is 1. The van der Waals surface area contributed by atoms with E-state index < -0.39 is 17.1 Å². The van der Waals surface area contributed by atoms with Crippen LogP contribution in [0.5, 0.6) is 0 Å². The maximum atomic E-state index is 13.4. The van der Waals surface area contributed by atoms with Crippen molar-refractivity contribution < 1.29 is 22.5 Å². The summed E-state index contributed by atoms with van der Waals surface area (Å²) in [6, 6.07) is 2.62. The molecule has 1 saturated carbocycles. The van der Waals surface area contributed by atoms with E-state index in [2.05, 4.69) is 27.7 Å². The molecule has 0 aromatic carbocycles. The predicted octanol–water partition coefficient (Wildman–Crippen LogP) is 6.42. The first-order valence-electron chi connectivity index (χ1n) is 12.3. The summed E-state index contributed by atoms with van der Waals surface area (Å²) in [4.78, 5) is 13.4.